The third-order valence-electron chi connectivity index (χ3n) is 20.6. The maximum Gasteiger partial charge on any atom is 0.472 e. The van der Waals surface area contributed by atoms with Crippen LogP contribution in [0, 0.1) is 11.8 Å². The minimum atomic E-state index is -4.96. The van der Waals surface area contributed by atoms with Gasteiger partial charge in [-0.1, -0.05) is 408 Å². The molecule has 0 fully saturated rings. The number of phosphoric acid groups is 2. The SMILES string of the molecule is CCCCCCCCCCCCCCCCCCCC(=O)O[C@H](COC(=O)CCCCCCCCCC)COP(=O)(O)OC[C@H](O)COP(=O)(O)OC[C@@H](COC(=O)CCCCCCCCCCCCCCCCCC(C)C)OC(=O)CCCCCCCCCCCCCCCCCCCCC(C)CC. The minimum absolute atomic E-state index is 0.109. The Morgan fingerprint density at radius 3 is 0.724 bits per heavy atom. The Balaban J connectivity index is 5.18. The van der Waals surface area contributed by atoms with E-state index in [9.17, 15) is 43.2 Å². The summed E-state index contributed by atoms with van der Waals surface area (Å²) in [6.07, 6.45) is 69.5. The van der Waals surface area contributed by atoms with Crippen LogP contribution in [0.4, 0.5) is 0 Å². The van der Waals surface area contributed by atoms with Crippen LogP contribution in [-0.4, -0.2) is 96.7 Å². The largest absolute Gasteiger partial charge is 0.472 e. The molecule has 17 nitrogen and oxygen atoms in total. The molecular formula is C86H168O17P2. The summed E-state index contributed by atoms with van der Waals surface area (Å²) in [5.41, 5.74) is 0. The van der Waals surface area contributed by atoms with Crippen molar-refractivity contribution in [1.82, 2.24) is 0 Å². The molecule has 105 heavy (non-hydrogen) atoms. The van der Waals surface area contributed by atoms with Crippen LogP contribution in [-0.2, 0) is 65.4 Å². The first-order valence-corrected chi connectivity index (χ1v) is 47.5. The number of aliphatic hydroxyl groups is 1. The van der Waals surface area contributed by atoms with Crippen LogP contribution >= 0.6 is 15.6 Å². The molecule has 0 radical (unpaired) electrons. The molecule has 0 saturated carbocycles. The van der Waals surface area contributed by atoms with Crippen molar-refractivity contribution in [3.63, 3.8) is 0 Å². The molecule has 0 aromatic carbocycles. The fourth-order valence-electron chi connectivity index (χ4n) is 13.4. The van der Waals surface area contributed by atoms with E-state index in [4.69, 9.17) is 37.0 Å². The van der Waals surface area contributed by atoms with Gasteiger partial charge in [-0.2, -0.15) is 0 Å². The summed E-state index contributed by atoms with van der Waals surface area (Å²) in [5, 5.41) is 10.7. The predicted octanol–water partition coefficient (Wildman–Crippen LogP) is 26.2. The Bertz CT molecular complexity index is 2010. The Morgan fingerprint density at radius 2 is 0.486 bits per heavy atom. The second-order valence-corrected chi connectivity index (χ2v) is 34.6. The number of rotatable bonds is 85. The number of carbonyl (C=O) groups excluding carboxylic acids is 4. The van der Waals surface area contributed by atoms with Crippen LogP contribution in [0.2, 0.25) is 0 Å². The lowest BCUT2D eigenvalue weighted by Crippen LogP contribution is -2.30. The topological polar surface area (TPSA) is 237 Å². The highest BCUT2D eigenvalue weighted by Gasteiger charge is 2.30. The molecule has 0 heterocycles. The van der Waals surface area contributed by atoms with Crippen LogP contribution in [0.1, 0.15) is 459 Å². The first-order valence-electron chi connectivity index (χ1n) is 44.5. The molecule has 0 aliphatic carbocycles. The van der Waals surface area contributed by atoms with Gasteiger partial charge in [0.15, 0.2) is 12.2 Å². The average molecular weight is 1540 g/mol. The van der Waals surface area contributed by atoms with E-state index in [0.717, 1.165) is 108 Å². The molecule has 3 N–H and O–H groups in total. The van der Waals surface area contributed by atoms with Gasteiger partial charge in [0.1, 0.15) is 19.3 Å². The molecule has 0 aliphatic heterocycles. The molecule has 19 heteroatoms. The Kier molecular flexibility index (Phi) is 76.0. The summed E-state index contributed by atoms with van der Waals surface area (Å²) in [7, 11) is -9.92. The van der Waals surface area contributed by atoms with Crippen molar-refractivity contribution in [3.05, 3.63) is 0 Å². The van der Waals surface area contributed by atoms with Gasteiger partial charge >= 0.3 is 39.5 Å². The Morgan fingerprint density at radius 1 is 0.276 bits per heavy atom. The number of unbranched alkanes of at least 4 members (excludes halogenated alkanes) is 54. The van der Waals surface area contributed by atoms with E-state index >= 15 is 0 Å². The van der Waals surface area contributed by atoms with Crippen LogP contribution < -0.4 is 0 Å². The molecule has 0 aliphatic rings. The van der Waals surface area contributed by atoms with E-state index in [1.165, 1.54) is 270 Å². The summed E-state index contributed by atoms with van der Waals surface area (Å²) in [5.74, 6) is -0.427. The zero-order valence-electron chi connectivity index (χ0n) is 69.0. The van der Waals surface area contributed by atoms with E-state index in [1.807, 2.05) is 0 Å². The molecule has 0 amide bonds. The van der Waals surface area contributed by atoms with Crippen molar-refractivity contribution in [1.29, 1.82) is 0 Å². The number of hydrogen-bond acceptors (Lipinski definition) is 15. The quantitative estimate of drug-likeness (QED) is 0.0222. The lowest BCUT2D eigenvalue weighted by atomic mass is 9.99. The smallest absolute Gasteiger partial charge is 0.462 e. The van der Waals surface area contributed by atoms with E-state index in [0.29, 0.717) is 25.7 Å². The van der Waals surface area contributed by atoms with Crippen LogP contribution in [0.3, 0.4) is 0 Å². The van der Waals surface area contributed by atoms with Crippen LogP contribution in [0.25, 0.3) is 0 Å². The molecule has 0 spiro atoms. The Hall–Kier alpha value is -1.94. The zero-order chi connectivity index (χ0) is 77.1. The molecule has 6 atom stereocenters. The van der Waals surface area contributed by atoms with Gasteiger partial charge < -0.3 is 33.8 Å². The van der Waals surface area contributed by atoms with Crippen LogP contribution in [0.5, 0.6) is 0 Å². The van der Waals surface area contributed by atoms with E-state index in [1.54, 1.807) is 0 Å². The third kappa shape index (κ3) is 78.5. The first-order chi connectivity index (χ1) is 50.9. The van der Waals surface area contributed by atoms with Crippen molar-refractivity contribution in [3.8, 4) is 0 Å². The molecular weight excluding hydrogens is 1370 g/mol. The number of esters is 4. The summed E-state index contributed by atoms with van der Waals surface area (Å²) in [6.45, 7) is 9.74. The van der Waals surface area contributed by atoms with Crippen molar-refractivity contribution in [2.24, 2.45) is 11.8 Å². The molecule has 0 aromatic heterocycles. The standard InChI is InChI=1S/C86H168O17P2/c1-7-10-12-14-16-18-19-20-21-24-30-36-41-46-52-58-64-70-85(90)102-81(74-96-83(88)68-62-56-50-17-15-13-11-8-2)76-100-104(92,93)98-72-80(87)73-99-105(94,95)101-77-82(75-97-84(89)69-63-57-51-45-40-35-32-27-28-33-38-43-48-54-60-66-78(4)5)103-86(91)71-65-59-53-47-42-37-31-26-23-22-25-29-34-39-44-49-55-61-67-79(6)9-3/h78-82,87H,7-77H2,1-6H3,(H,92,93)(H,94,95)/t79?,80-,81+,82+/m0/s1. The maximum atomic E-state index is 13.1. The summed E-state index contributed by atoms with van der Waals surface area (Å²) >= 11 is 0. The highest BCUT2D eigenvalue weighted by molar-refractivity contribution is 7.47. The molecule has 3 unspecified atom stereocenters. The minimum Gasteiger partial charge on any atom is -0.462 e. The number of carbonyl (C=O) groups is 4. The normalized spacial score (nSPS) is 14.1. The first kappa shape index (κ1) is 103. The van der Waals surface area contributed by atoms with Crippen molar-refractivity contribution < 1.29 is 80.2 Å². The fraction of sp³-hybridized carbons (Fsp3) is 0.953. The molecule has 0 aromatic rings. The van der Waals surface area contributed by atoms with Gasteiger partial charge in [-0.25, -0.2) is 9.13 Å². The second kappa shape index (κ2) is 77.4. The molecule has 0 rings (SSSR count). The van der Waals surface area contributed by atoms with E-state index in [-0.39, 0.29) is 25.7 Å². The lowest BCUT2D eigenvalue weighted by Gasteiger charge is -2.21. The number of ether oxygens (including phenoxy) is 4. The maximum absolute atomic E-state index is 13.1. The Labute approximate surface area is 645 Å². The van der Waals surface area contributed by atoms with Gasteiger partial charge in [-0.15, -0.1) is 0 Å². The van der Waals surface area contributed by atoms with Crippen LogP contribution in [0.15, 0.2) is 0 Å². The van der Waals surface area contributed by atoms with Gasteiger partial charge in [0.25, 0.3) is 0 Å². The molecule has 0 bridgehead atoms. The molecule has 624 valence electrons. The lowest BCUT2D eigenvalue weighted by molar-refractivity contribution is -0.161. The summed E-state index contributed by atoms with van der Waals surface area (Å²) in [4.78, 5) is 73.1. The van der Waals surface area contributed by atoms with Gasteiger partial charge in [0.2, 0.25) is 0 Å². The average Bonchev–Trinajstić information content (AvgIpc) is 0.905. The van der Waals surface area contributed by atoms with Crippen molar-refractivity contribution in [2.45, 2.75) is 477 Å². The number of aliphatic hydroxyl groups excluding tert-OH is 1. The number of phosphoric ester groups is 2. The second-order valence-electron chi connectivity index (χ2n) is 31.6. The van der Waals surface area contributed by atoms with Gasteiger partial charge in [-0.05, 0) is 37.5 Å². The predicted molar refractivity (Wildman–Crippen MR) is 432 cm³/mol. The highest BCUT2D eigenvalue weighted by atomic mass is 31.2. The van der Waals surface area contributed by atoms with Gasteiger partial charge in [0, 0.05) is 25.7 Å². The van der Waals surface area contributed by atoms with E-state index < -0.39 is 97.5 Å². The van der Waals surface area contributed by atoms with Crippen molar-refractivity contribution >= 4 is 39.5 Å². The van der Waals surface area contributed by atoms with Gasteiger partial charge in [-0.3, -0.25) is 37.3 Å². The van der Waals surface area contributed by atoms with Crippen molar-refractivity contribution in [2.75, 3.05) is 39.6 Å². The summed E-state index contributed by atoms with van der Waals surface area (Å²) < 4.78 is 68.8. The third-order valence-corrected chi connectivity index (χ3v) is 22.5. The summed E-state index contributed by atoms with van der Waals surface area (Å²) in [6, 6.07) is 0. The number of hydrogen-bond donors (Lipinski definition) is 3. The monoisotopic (exact) mass is 1540 g/mol. The molecule has 0 saturated heterocycles. The van der Waals surface area contributed by atoms with E-state index in [2.05, 4.69) is 41.5 Å². The highest BCUT2D eigenvalue weighted by Crippen LogP contribution is 2.45. The zero-order valence-corrected chi connectivity index (χ0v) is 70.8. The fourth-order valence-corrected chi connectivity index (χ4v) is 15.0. The van der Waals surface area contributed by atoms with Gasteiger partial charge in [0.05, 0.1) is 26.4 Å².